The number of pyridine rings is 1. The molecule has 1 rings (SSSR count). The van der Waals surface area contributed by atoms with Crippen molar-refractivity contribution in [1.82, 2.24) is 4.98 Å². The monoisotopic (exact) mass is 205 g/mol. The normalized spacial score (nSPS) is 11.5. The first-order valence-corrected chi connectivity index (χ1v) is 4.09. The van der Waals surface area contributed by atoms with Crippen molar-refractivity contribution in [3.63, 3.8) is 0 Å². The predicted octanol–water partition coefficient (Wildman–Crippen LogP) is 2.67. The fourth-order valence-corrected chi connectivity index (χ4v) is 1.00. The van der Waals surface area contributed by atoms with E-state index < -0.39 is 11.9 Å². The van der Waals surface area contributed by atoms with Crippen LogP contribution in [0.15, 0.2) is 12.1 Å². The molecule has 0 saturated heterocycles. The Hall–Kier alpha value is -1.26. The van der Waals surface area contributed by atoms with Crippen LogP contribution in [0.1, 0.15) is 18.3 Å². The summed E-state index contributed by atoms with van der Waals surface area (Å²) < 4.78 is 41.7. The molecular weight excluding hydrogens is 195 g/mol. The van der Waals surface area contributed by atoms with Crippen molar-refractivity contribution < 1.29 is 17.9 Å². The summed E-state index contributed by atoms with van der Waals surface area (Å²) in [6.07, 6.45) is -3.97. The molecule has 0 bridgehead atoms. The topological polar surface area (TPSA) is 22.1 Å². The summed E-state index contributed by atoms with van der Waals surface area (Å²) in [7, 11) is 1.33. The molecule has 0 aliphatic carbocycles. The third-order valence-electron chi connectivity index (χ3n) is 1.74. The maximum absolute atomic E-state index is 12.3. The minimum Gasteiger partial charge on any atom is -0.497 e. The van der Waals surface area contributed by atoms with Crippen LogP contribution in [-0.2, 0) is 12.6 Å². The number of methoxy groups -OCH3 is 1. The minimum atomic E-state index is -4.42. The predicted molar refractivity (Wildman–Crippen MR) is 45.2 cm³/mol. The van der Waals surface area contributed by atoms with E-state index in [-0.39, 0.29) is 5.75 Å². The van der Waals surface area contributed by atoms with E-state index in [9.17, 15) is 13.2 Å². The average Bonchev–Trinajstić information content (AvgIpc) is 2.15. The Morgan fingerprint density at radius 1 is 1.36 bits per heavy atom. The lowest BCUT2D eigenvalue weighted by Crippen LogP contribution is -2.09. The molecule has 0 atom stereocenters. The zero-order valence-corrected chi connectivity index (χ0v) is 7.85. The maximum atomic E-state index is 12.3. The Labute approximate surface area is 79.7 Å². The van der Waals surface area contributed by atoms with Gasteiger partial charge >= 0.3 is 6.18 Å². The highest BCUT2D eigenvalue weighted by molar-refractivity contribution is 5.28. The van der Waals surface area contributed by atoms with E-state index >= 15 is 0 Å². The standard InChI is InChI=1S/C9H10F3NO/c1-3-6-4-7(14-2)5-8(13-6)9(10,11)12/h4-5H,3H2,1-2H3. The summed E-state index contributed by atoms with van der Waals surface area (Å²) in [4.78, 5) is 3.47. The summed E-state index contributed by atoms with van der Waals surface area (Å²) >= 11 is 0. The van der Waals surface area contributed by atoms with Gasteiger partial charge in [0, 0.05) is 17.8 Å². The molecule has 0 N–H and O–H groups in total. The molecule has 2 nitrogen and oxygen atoms in total. The lowest BCUT2D eigenvalue weighted by Gasteiger charge is -2.09. The van der Waals surface area contributed by atoms with Gasteiger partial charge in [-0.3, -0.25) is 0 Å². The van der Waals surface area contributed by atoms with Crippen LogP contribution >= 0.6 is 0 Å². The van der Waals surface area contributed by atoms with Crippen molar-refractivity contribution in [3.05, 3.63) is 23.5 Å². The number of alkyl halides is 3. The molecule has 14 heavy (non-hydrogen) atoms. The second-order valence-corrected chi connectivity index (χ2v) is 2.73. The van der Waals surface area contributed by atoms with Gasteiger partial charge < -0.3 is 4.74 Å². The number of rotatable bonds is 2. The van der Waals surface area contributed by atoms with E-state index in [4.69, 9.17) is 4.74 Å². The second kappa shape index (κ2) is 3.86. The number of halogens is 3. The fraction of sp³-hybridized carbons (Fsp3) is 0.444. The SMILES string of the molecule is CCc1cc(OC)cc(C(F)(F)F)n1. The van der Waals surface area contributed by atoms with Crippen molar-refractivity contribution in [2.24, 2.45) is 0 Å². The number of hydrogen-bond acceptors (Lipinski definition) is 2. The van der Waals surface area contributed by atoms with Gasteiger partial charge in [0.2, 0.25) is 0 Å². The molecule has 5 heteroatoms. The van der Waals surface area contributed by atoms with Gasteiger partial charge in [-0.05, 0) is 6.42 Å². The zero-order valence-electron chi connectivity index (χ0n) is 7.85. The number of hydrogen-bond donors (Lipinski definition) is 0. The molecule has 0 unspecified atom stereocenters. The first-order valence-electron chi connectivity index (χ1n) is 4.09. The van der Waals surface area contributed by atoms with Crippen LogP contribution in [0.5, 0.6) is 5.75 Å². The Balaban J connectivity index is 3.17. The summed E-state index contributed by atoms with van der Waals surface area (Å²) in [6, 6.07) is 2.38. The average molecular weight is 205 g/mol. The molecular formula is C9H10F3NO. The molecule has 1 heterocycles. The van der Waals surface area contributed by atoms with E-state index in [0.717, 1.165) is 6.07 Å². The van der Waals surface area contributed by atoms with Crippen LogP contribution in [0.2, 0.25) is 0 Å². The van der Waals surface area contributed by atoms with E-state index in [1.165, 1.54) is 13.2 Å². The highest BCUT2D eigenvalue weighted by Gasteiger charge is 2.33. The summed E-state index contributed by atoms with van der Waals surface area (Å²) in [5.41, 5.74) is -0.537. The number of ether oxygens (including phenoxy) is 1. The van der Waals surface area contributed by atoms with E-state index in [2.05, 4.69) is 4.98 Å². The molecule has 1 aromatic heterocycles. The molecule has 0 fully saturated rings. The van der Waals surface area contributed by atoms with Gasteiger partial charge in [-0.1, -0.05) is 6.92 Å². The van der Waals surface area contributed by atoms with Crippen molar-refractivity contribution in [1.29, 1.82) is 0 Å². The second-order valence-electron chi connectivity index (χ2n) is 2.73. The van der Waals surface area contributed by atoms with Gasteiger partial charge in [0.05, 0.1) is 7.11 Å². The van der Waals surface area contributed by atoms with Crippen LogP contribution in [0.3, 0.4) is 0 Å². The Bertz CT molecular complexity index is 300. The quantitative estimate of drug-likeness (QED) is 0.740. The van der Waals surface area contributed by atoms with Gasteiger partial charge in [-0.2, -0.15) is 13.2 Å². The van der Waals surface area contributed by atoms with Crippen LogP contribution in [0, 0.1) is 0 Å². The Kier molecular flexibility index (Phi) is 2.98. The molecule has 0 spiro atoms. The van der Waals surface area contributed by atoms with Crippen LogP contribution in [-0.4, -0.2) is 12.1 Å². The van der Waals surface area contributed by atoms with Crippen molar-refractivity contribution in [2.45, 2.75) is 19.5 Å². The first kappa shape index (κ1) is 10.8. The number of aryl methyl sites for hydroxylation is 1. The fourth-order valence-electron chi connectivity index (χ4n) is 1.00. The van der Waals surface area contributed by atoms with E-state index in [1.807, 2.05) is 0 Å². The summed E-state index contributed by atoms with van der Waals surface area (Å²) in [5, 5.41) is 0. The van der Waals surface area contributed by atoms with Gasteiger partial charge in [-0.25, -0.2) is 4.98 Å². The highest BCUT2D eigenvalue weighted by atomic mass is 19.4. The molecule has 1 aromatic rings. The highest BCUT2D eigenvalue weighted by Crippen LogP contribution is 2.30. The summed E-state index contributed by atoms with van der Waals surface area (Å²) in [6.45, 7) is 1.74. The van der Waals surface area contributed by atoms with Gasteiger partial charge in [0.1, 0.15) is 11.4 Å². The van der Waals surface area contributed by atoms with Crippen molar-refractivity contribution in [2.75, 3.05) is 7.11 Å². The minimum absolute atomic E-state index is 0.184. The van der Waals surface area contributed by atoms with Gasteiger partial charge in [0.25, 0.3) is 0 Å². The van der Waals surface area contributed by atoms with Crippen molar-refractivity contribution >= 4 is 0 Å². The van der Waals surface area contributed by atoms with E-state index in [1.54, 1.807) is 6.92 Å². The Morgan fingerprint density at radius 2 is 2.00 bits per heavy atom. The summed E-state index contributed by atoms with van der Waals surface area (Å²) in [5.74, 6) is 0.184. The van der Waals surface area contributed by atoms with Crippen LogP contribution in [0.4, 0.5) is 13.2 Å². The molecule has 0 radical (unpaired) electrons. The molecule has 0 amide bonds. The molecule has 0 aromatic carbocycles. The lowest BCUT2D eigenvalue weighted by atomic mass is 10.2. The van der Waals surface area contributed by atoms with Crippen molar-refractivity contribution in [3.8, 4) is 5.75 Å². The molecule has 0 saturated carbocycles. The third-order valence-corrected chi connectivity index (χ3v) is 1.74. The van der Waals surface area contributed by atoms with Gasteiger partial charge in [0.15, 0.2) is 0 Å². The smallest absolute Gasteiger partial charge is 0.433 e. The van der Waals surface area contributed by atoms with E-state index in [0.29, 0.717) is 12.1 Å². The molecule has 0 aliphatic rings. The van der Waals surface area contributed by atoms with Crippen LogP contribution < -0.4 is 4.74 Å². The number of aromatic nitrogens is 1. The Morgan fingerprint density at radius 3 is 2.43 bits per heavy atom. The zero-order chi connectivity index (χ0) is 10.8. The van der Waals surface area contributed by atoms with Crippen LogP contribution in [0.25, 0.3) is 0 Å². The number of nitrogens with zero attached hydrogens (tertiary/aromatic N) is 1. The lowest BCUT2D eigenvalue weighted by molar-refractivity contribution is -0.141. The first-order chi connectivity index (χ1) is 6.47. The largest absolute Gasteiger partial charge is 0.497 e. The third kappa shape index (κ3) is 2.37. The molecule has 78 valence electrons. The molecule has 0 aliphatic heterocycles. The van der Waals surface area contributed by atoms with Gasteiger partial charge in [-0.15, -0.1) is 0 Å². The maximum Gasteiger partial charge on any atom is 0.433 e.